The summed E-state index contributed by atoms with van der Waals surface area (Å²) in [6.07, 6.45) is 3.39. The van der Waals surface area contributed by atoms with E-state index in [1.165, 1.54) is 38.2 Å². The molecule has 0 aliphatic carbocycles. The number of nitrogens with one attached hydrogen (secondary N) is 2. The van der Waals surface area contributed by atoms with Crippen molar-refractivity contribution in [3.05, 3.63) is 29.6 Å². The minimum atomic E-state index is -0.461. The number of amides is 1. The first-order chi connectivity index (χ1) is 9.70. The molecule has 2 rings (SSSR count). The molecule has 0 radical (unpaired) electrons. The zero-order chi connectivity index (χ0) is 14.4. The molecule has 1 fully saturated rings. The van der Waals surface area contributed by atoms with Crippen molar-refractivity contribution >= 4 is 5.91 Å². The van der Waals surface area contributed by atoms with E-state index in [1.54, 1.807) is 0 Å². The standard InChI is InChI=1S/C15H21FN2O2/c1-20-14-9-12(4-5-13(14)16)15(19)18-8-6-11-3-2-7-17-10-11/h4-5,9,11,17H,2-3,6-8,10H2,1H3,(H,18,19). The van der Waals surface area contributed by atoms with E-state index in [0.717, 1.165) is 19.5 Å². The van der Waals surface area contributed by atoms with Gasteiger partial charge in [-0.05, 0) is 56.5 Å². The highest BCUT2D eigenvalue weighted by atomic mass is 19.1. The van der Waals surface area contributed by atoms with Crippen molar-refractivity contribution in [2.75, 3.05) is 26.7 Å². The molecule has 1 amide bonds. The lowest BCUT2D eigenvalue weighted by Gasteiger charge is -2.22. The van der Waals surface area contributed by atoms with Gasteiger partial charge in [0, 0.05) is 12.1 Å². The van der Waals surface area contributed by atoms with Gasteiger partial charge < -0.3 is 15.4 Å². The van der Waals surface area contributed by atoms with Crippen molar-refractivity contribution in [2.24, 2.45) is 5.92 Å². The molecule has 1 aromatic rings. The van der Waals surface area contributed by atoms with Gasteiger partial charge in [-0.2, -0.15) is 0 Å². The van der Waals surface area contributed by atoms with Crippen LogP contribution < -0.4 is 15.4 Å². The molecule has 1 unspecified atom stereocenters. The van der Waals surface area contributed by atoms with Crippen LogP contribution in [0.1, 0.15) is 29.6 Å². The Balaban J connectivity index is 1.82. The Morgan fingerprint density at radius 2 is 2.40 bits per heavy atom. The Hall–Kier alpha value is -1.62. The fourth-order valence-corrected chi connectivity index (χ4v) is 2.46. The maximum absolute atomic E-state index is 13.3. The fourth-order valence-electron chi connectivity index (χ4n) is 2.46. The Morgan fingerprint density at radius 3 is 3.10 bits per heavy atom. The van der Waals surface area contributed by atoms with E-state index < -0.39 is 5.82 Å². The average Bonchev–Trinajstić information content (AvgIpc) is 2.48. The van der Waals surface area contributed by atoms with Gasteiger partial charge in [0.15, 0.2) is 11.6 Å². The lowest BCUT2D eigenvalue weighted by atomic mass is 9.96. The van der Waals surface area contributed by atoms with Crippen molar-refractivity contribution < 1.29 is 13.9 Å². The summed E-state index contributed by atoms with van der Waals surface area (Å²) in [5, 5.41) is 6.23. The lowest BCUT2D eigenvalue weighted by molar-refractivity contribution is 0.0950. The normalized spacial score (nSPS) is 18.6. The Kier molecular flexibility index (Phi) is 5.35. The van der Waals surface area contributed by atoms with Crippen LogP contribution in [0, 0.1) is 11.7 Å². The third-order valence-corrected chi connectivity index (χ3v) is 3.65. The second-order valence-corrected chi connectivity index (χ2v) is 5.11. The third kappa shape index (κ3) is 3.93. The molecule has 110 valence electrons. The van der Waals surface area contributed by atoms with Crippen LogP contribution in [0.25, 0.3) is 0 Å². The summed E-state index contributed by atoms with van der Waals surface area (Å²) in [5.74, 6) is 0.0744. The minimum absolute atomic E-state index is 0.0918. The number of carbonyl (C=O) groups is 1. The maximum atomic E-state index is 13.3. The van der Waals surface area contributed by atoms with Gasteiger partial charge in [0.2, 0.25) is 0 Å². The largest absolute Gasteiger partial charge is 0.494 e. The van der Waals surface area contributed by atoms with Gasteiger partial charge >= 0.3 is 0 Å². The smallest absolute Gasteiger partial charge is 0.251 e. The number of hydrogen-bond acceptors (Lipinski definition) is 3. The predicted octanol–water partition coefficient (Wildman–Crippen LogP) is 1.95. The summed E-state index contributed by atoms with van der Waals surface area (Å²) in [6, 6.07) is 4.14. The van der Waals surface area contributed by atoms with Gasteiger partial charge in [-0.25, -0.2) is 4.39 Å². The number of benzene rings is 1. The minimum Gasteiger partial charge on any atom is -0.494 e. The average molecular weight is 280 g/mol. The highest BCUT2D eigenvalue weighted by Gasteiger charge is 2.14. The SMILES string of the molecule is COc1cc(C(=O)NCCC2CCCNC2)ccc1F. The molecule has 1 saturated heterocycles. The topological polar surface area (TPSA) is 50.4 Å². The Bertz CT molecular complexity index is 459. The Morgan fingerprint density at radius 1 is 1.55 bits per heavy atom. The first-order valence-electron chi connectivity index (χ1n) is 7.03. The number of methoxy groups -OCH3 is 1. The monoisotopic (exact) mass is 280 g/mol. The maximum Gasteiger partial charge on any atom is 0.251 e. The molecule has 5 heteroatoms. The van der Waals surface area contributed by atoms with Crippen molar-refractivity contribution in [2.45, 2.75) is 19.3 Å². The van der Waals surface area contributed by atoms with Crippen LogP contribution in [0.2, 0.25) is 0 Å². The summed E-state index contributed by atoms with van der Waals surface area (Å²) in [5.41, 5.74) is 0.421. The van der Waals surface area contributed by atoms with Crippen LogP contribution in [-0.4, -0.2) is 32.7 Å². The van der Waals surface area contributed by atoms with Crippen molar-refractivity contribution in [1.29, 1.82) is 0 Å². The van der Waals surface area contributed by atoms with E-state index in [0.29, 0.717) is 18.0 Å². The van der Waals surface area contributed by atoms with E-state index in [2.05, 4.69) is 10.6 Å². The zero-order valence-corrected chi connectivity index (χ0v) is 11.7. The van der Waals surface area contributed by atoms with E-state index >= 15 is 0 Å². The van der Waals surface area contributed by atoms with Gasteiger partial charge in [-0.1, -0.05) is 0 Å². The molecule has 4 nitrogen and oxygen atoms in total. The highest BCUT2D eigenvalue weighted by molar-refractivity contribution is 5.94. The van der Waals surface area contributed by atoms with E-state index in [-0.39, 0.29) is 11.7 Å². The lowest BCUT2D eigenvalue weighted by Crippen LogP contribution is -2.33. The molecule has 1 heterocycles. The molecule has 0 spiro atoms. The first-order valence-corrected chi connectivity index (χ1v) is 7.03. The molecular formula is C15H21FN2O2. The van der Waals surface area contributed by atoms with Crippen LogP contribution in [0.15, 0.2) is 18.2 Å². The number of hydrogen-bond donors (Lipinski definition) is 2. The molecule has 0 aromatic heterocycles. The summed E-state index contributed by atoms with van der Waals surface area (Å²) >= 11 is 0. The van der Waals surface area contributed by atoms with Crippen LogP contribution in [-0.2, 0) is 0 Å². The Labute approximate surface area is 118 Å². The highest BCUT2D eigenvalue weighted by Crippen LogP contribution is 2.18. The second-order valence-electron chi connectivity index (χ2n) is 5.11. The molecule has 1 aliphatic heterocycles. The van der Waals surface area contributed by atoms with E-state index in [9.17, 15) is 9.18 Å². The van der Waals surface area contributed by atoms with E-state index in [1.807, 2.05) is 0 Å². The number of rotatable bonds is 5. The molecule has 1 atom stereocenters. The number of piperidine rings is 1. The molecule has 1 aliphatic rings. The summed E-state index contributed by atoms with van der Waals surface area (Å²) in [4.78, 5) is 12.0. The van der Waals surface area contributed by atoms with Gasteiger partial charge in [0.1, 0.15) is 0 Å². The number of halogens is 1. The third-order valence-electron chi connectivity index (χ3n) is 3.65. The molecular weight excluding hydrogens is 259 g/mol. The summed E-state index contributed by atoms with van der Waals surface area (Å²) in [6.45, 7) is 2.77. The van der Waals surface area contributed by atoms with Crippen molar-refractivity contribution in [3.8, 4) is 5.75 Å². The van der Waals surface area contributed by atoms with Crippen LogP contribution in [0.4, 0.5) is 4.39 Å². The van der Waals surface area contributed by atoms with Gasteiger partial charge in [0.25, 0.3) is 5.91 Å². The fraction of sp³-hybridized carbons (Fsp3) is 0.533. The molecule has 0 bridgehead atoms. The quantitative estimate of drug-likeness (QED) is 0.867. The van der Waals surface area contributed by atoms with E-state index in [4.69, 9.17) is 4.74 Å². The molecule has 2 N–H and O–H groups in total. The molecule has 20 heavy (non-hydrogen) atoms. The zero-order valence-electron chi connectivity index (χ0n) is 11.7. The van der Waals surface area contributed by atoms with Gasteiger partial charge in [-0.3, -0.25) is 4.79 Å². The van der Waals surface area contributed by atoms with Gasteiger partial charge in [0.05, 0.1) is 7.11 Å². The predicted molar refractivity (Wildman–Crippen MR) is 75.5 cm³/mol. The number of carbonyl (C=O) groups excluding carboxylic acids is 1. The second kappa shape index (κ2) is 7.24. The summed E-state index contributed by atoms with van der Waals surface area (Å²) in [7, 11) is 1.39. The van der Waals surface area contributed by atoms with Crippen molar-refractivity contribution in [3.63, 3.8) is 0 Å². The molecule has 0 saturated carbocycles. The van der Waals surface area contributed by atoms with Crippen LogP contribution in [0.5, 0.6) is 5.75 Å². The van der Waals surface area contributed by atoms with Crippen LogP contribution >= 0.6 is 0 Å². The number of ether oxygens (including phenoxy) is 1. The van der Waals surface area contributed by atoms with Crippen LogP contribution in [0.3, 0.4) is 0 Å². The first kappa shape index (κ1) is 14.8. The molecule has 1 aromatic carbocycles. The van der Waals surface area contributed by atoms with Gasteiger partial charge in [-0.15, -0.1) is 0 Å². The summed E-state index contributed by atoms with van der Waals surface area (Å²) < 4.78 is 18.1. The van der Waals surface area contributed by atoms with Crippen molar-refractivity contribution in [1.82, 2.24) is 10.6 Å².